The van der Waals surface area contributed by atoms with Crippen molar-refractivity contribution in [2.75, 3.05) is 13.2 Å². The summed E-state index contributed by atoms with van der Waals surface area (Å²) in [5.74, 6) is 1.01. The first-order chi connectivity index (χ1) is 20.3. The molecule has 10 heteroatoms. The molecular weight excluding hydrogens is 556 g/mol. The van der Waals surface area contributed by atoms with Gasteiger partial charge in [-0.15, -0.1) is 0 Å². The van der Waals surface area contributed by atoms with Gasteiger partial charge in [-0.1, -0.05) is 27.7 Å². The molecule has 7 aliphatic rings. The van der Waals surface area contributed by atoms with Crippen LogP contribution in [0.2, 0.25) is 0 Å². The highest BCUT2D eigenvalue weighted by Gasteiger charge is 2.71. The predicted molar refractivity (Wildman–Crippen MR) is 153 cm³/mol. The second-order valence-corrected chi connectivity index (χ2v) is 16.2. The van der Waals surface area contributed by atoms with Gasteiger partial charge in [-0.05, 0) is 97.7 Å². The van der Waals surface area contributed by atoms with E-state index >= 15 is 0 Å². The monoisotopic (exact) mass is 610 g/mol. The molecule has 0 radical (unpaired) electrons. The molecular formula is C33H54O10. The molecule has 0 amide bonds. The first kappa shape index (κ1) is 31.2. The minimum Gasteiger partial charge on any atom is -0.394 e. The van der Waals surface area contributed by atoms with Gasteiger partial charge in [-0.3, -0.25) is 0 Å². The van der Waals surface area contributed by atoms with E-state index in [0.29, 0.717) is 43.1 Å². The first-order valence-electron chi connectivity index (χ1n) is 17.0. The normalized spacial score (nSPS) is 61.5. The van der Waals surface area contributed by atoms with Gasteiger partial charge in [0.15, 0.2) is 12.1 Å². The van der Waals surface area contributed by atoms with E-state index in [0.717, 1.165) is 38.5 Å². The standard InChI is InChI=1S/C33H54O10/c1-15-9-25(36)33(40-14-15)16(2)26-23(43-33)12-20-18-11-22(41-30-29(39)28(38)27(37)24(13-34)42-30)21-10-17(35)5-7-31(21,3)19(18)6-8-32(20,26)4/h15-30,34-39H,5-14H2,1-4H3/t15-,16+,17+,18?,19?,20?,21-,22+,23?,24-,25+,26?,27-,28-,29-,30-,31-,32+,33+/m1/s1. The van der Waals surface area contributed by atoms with Crippen molar-refractivity contribution in [3.8, 4) is 0 Å². The van der Waals surface area contributed by atoms with Gasteiger partial charge in [0.2, 0.25) is 0 Å². The maximum atomic E-state index is 11.2. The fraction of sp³-hybridized carbons (Fsp3) is 1.00. The van der Waals surface area contributed by atoms with E-state index in [4.69, 9.17) is 18.9 Å². The molecule has 3 heterocycles. The van der Waals surface area contributed by atoms with Gasteiger partial charge in [-0.25, -0.2) is 0 Å². The lowest BCUT2D eigenvalue weighted by atomic mass is 9.43. The van der Waals surface area contributed by atoms with E-state index in [1.54, 1.807) is 0 Å². The number of ether oxygens (including phenoxy) is 4. The van der Waals surface area contributed by atoms with Crippen LogP contribution in [-0.2, 0) is 18.9 Å². The number of aliphatic hydroxyl groups is 6. The molecule has 10 nitrogen and oxygen atoms in total. The predicted octanol–water partition coefficient (Wildman–Crippen LogP) is 1.56. The summed E-state index contributed by atoms with van der Waals surface area (Å²) in [5, 5.41) is 63.4. The topological polar surface area (TPSA) is 158 Å². The minimum absolute atomic E-state index is 0.0198. The Bertz CT molecular complexity index is 1040. The second kappa shape index (κ2) is 10.8. The highest BCUT2D eigenvalue weighted by Crippen LogP contribution is 2.71. The third-order valence-electron chi connectivity index (χ3n) is 14.1. The highest BCUT2D eigenvalue weighted by atomic mass is 16.7. The fourth-order valence-corrected chi connectivity index (χ4v) is 11.9. The SMILES string of the molecule is C[C@H]1CO[C@@]2(OC3CC4C5C[C@H](O[C@@H]6O[C@H](CO)[C@@H](O)[C@@H](O)[C@H]6O)[C@H]6C[C@@H](O)CC[C@]6(C)C5CC[C@]4(C)C3[C@@H]2C)[C@@H](O)C1. The van der Waals surface area contributed by atoms with Crippen LogP contribution in [0.3, 0.4) is 0 Å². The molecule has 7 rings (SSSR count). The van der Waals surface area contributed by atoms with Crippen molar-refractivity contribution in [1.29, 1.82) is 0 Å². The van der Waals surface area contributed by atoms with E-state index in [1.165, 1.54) is 0 Å². The van der Waals surface area contributed by atoms with Gasteiger partial charge in [-0.2, -0.15) is 0 Å². The number of hydrogen-bond donors (Lipinski definition) is 6. The van der Waals surface area contributed by atoms with Crippen molar-refractivity contribution < 1.29 is 49.6 Å². The van der Waals surface area contributed by atoms with Gasteiger partial charge >= 0.3 is 0 Å². The molecule has 4 aliphatic carbocycles. The Morgan fingerprint density at radius 1 is 0.814 bits per heavy atom. The van der Waals surface area contributed by atoms with Crippen molar-refractivity contribution in [2.45, 2.75) is 140 Å². The summed E-state index contributed by atoms with van der Waals surface area (Å²) in [6, 6.07) is 0. The lowest BCUT2D eigenvalue weighted by Crippen LogP contribution is -2.63. The molecule has 43 heavy (non-hydrogen) atoms. The van der Waals surface area contributed by atoms with E-state index < -0.39 is 55.3 Å². The Morgan fingerprint density at radius 3 is 2.28 bits per heavy atom. The number of rotatable bonds is 3. The fourth-order valence-electron chi connectivity index (χ4n) is 11.9. The molecule has 246 valence electrons. The molecule has 1 spiro atoms. The molecule has 0 aromatic rings. The summed E-state index contributed by atoms with van der Waals surface area (Å²) >= 11 is 0. The largest absolute Gasteiger partial charge is 0.394 e. The zero-order valence-corrected chi connectivity index (χ0v) is 26.1. The Morgan fingerprint density at radius 2 is 1.56 bits per heavy atom. The third-order valence-corrected chi connectivity index (χ3v) is 14.1. The molecule has 4 saturated carbocycles. The Labute approximate surface area is 255 Å². The molecule has 7 fully saturated rings. The average molecular weight is 611 g/mol. The molecule has 5 unspecified atom stereocenters. The van der Waals surface area contributed by atoms with Crippen LogP contribution in [0.15, 0.2) is 0 Å². The average Bonchev–Trinajstić information content (AvgIpc) is 3.42. The van der Waals surface area contributed by atoms with E-state index in [2.05, 4.69) is 27.7 Å². The molecule has 6 N–H and O–H groups in total. The summed E-state index contributed by atoms with van der Waals surface area (Å²) in [7, 11) is 0. The molecule has 0 bridgehead atoms. The summed E-state index contributed by atoms with van der Waals surface area (Å²) in [4.78, 5) is 0. The Kier molecular flexibility index (Phi) is 7.86. The maximum Gasteiger partial charge on any atom is 0.197 e. The zero-order chi connectivity index (χ0) is 30.6. The first-order valence-corrected chi connectivity index (χ1v) is 17.0. The summed E-state index contributed by atoms with van der Waals surface area (Å²) in [6.07, 6.45) is -1.11. The maximum absolute atomic E-state index is 11.2. The van der Waals surface area contributed by atoms with Gasteiger partial charge in [0.05, 0.1) is 31.5 Å². The smallest absolute Gasteiger partial charge is 0.197 e. The quantitative estimate of drug-likeness (QED) is 0.259. The van der Waals surface area contributed by atoms with Gasteiger partial charge < -0.3 is 49.6 Å². The lowest BCUT2D eigenvalue weighted by Gasteiger charge is -2.63. The summed E-state index contributed by atoms with van der Waals surface area (Å²) < 4.78 is 25.6. The number of aliphatic hydroxyl groups excluding tert-OH is 6. The van der Waals surface area contributed by atoms with Crippen molar-refractivity contribution in [1.82, 2.24) is 0 Å². The van der Waals surface area contributed by atoms with Crippen LogP contribution in [0.25, 0.3) is 0 Å². The van der Waals surface area contributed by atoms with E-state index in [9.17, 15) is 30.6 Å². The van der Waals surface area contributed by atoms with E-state index in [-0.39, 0.29) is 40.8 Å². The summed E-state index contributed by atoms with van der Waals surface area (Å²) in [5.41, 5.74) is -0.0432. The molecule has 3 aliphatic heterocycles. The number of fused-ring (bicyclic) bond motifs is 7. The molecule has 3 saturated heterocycles. The number of hydrogen-bond acceptors (Lipinski definition) is 10. The van der Waals surface area contributed by atoms with Crippen LogP contribution in [0.4, 0.5) is 0 Å². The van der Waals surface area contributed by atoms with E-state index in [1.807, 2.05) is 0 Å². The van der Waals surface area contributed by atoms with Crippen molar-refractivity contribution in [3.05, 3.63) is 0 Å². The molecule has 0 aromatic heterocycles. The van der Waals surface area contributed by atoms with Crippen molar-refractivity contribution >= 4 is 0 Å². The van der Waals surface area contributed by atoms with Crippen LogP contribution >= 0.6 is 0 Å². The summed E-state index contributed by atoms with van der Waals surface area (Å²) in [6.45, 7) is 9.23. The minimum atomic E-state index is -1.49. The van der Waals surface area contributed by atoms with Crippen molar-refractivity contribution in [2.24, 2.45) is 52.3 Å². The second-order valence-electron chi connectivity index (χ2n) is 16.2. The highest BCUT2D eigenvalue weighted by molar-refractivity contribution is 5.17. The van der Waals surface area contributed by atoms with Gasteiger partial charge in [0.25, 0.3) is 0 Å². The van der Waals surface area contributed by atoms with Crippen LogP contribution in [0.1, 0.15) is 79.1 Å². The zero-order valence-electron chi connectivity index (χ0n) is 26.1. The lowest BCUT2D eigenvalue weighted by molar-refractivity contribution is -0.329. The van der Waals surface area contributed by atoms with Gasteiger partial charge in [0.1, 0.15) is 30.5 Å². The molecule has 0 aromatic carbocycles. The Balaban J connectivity index is 1.17. The Hall–Kier alpha value is -0.400. The van der Waals surface area contributed by atoms with Crippen LogP contribution in [0.5, 0.6) is 0 Å². The van der Waals surface area contributed by atoms with Crippen molar-refractivity contribution in [3.63, 3.8) is 0 Å². The van der Waals surface area contributed by atoms with Gasteiger partial charge in [0, 0.05) is 5.92 Å². The van der Waals surface area contributed by atoms with Crippen LogP contribution in [-0.4, -0.2) is 105 Å². The van der Waals surface area contributed by atoms with Crippen LogP contribution in [0, 0.1) is 52.3 Å². The third kappa shape index (κ3) is 4.49. The molecule has 19 atom stereocenters. The van der Waals surface area contributed by atoms with Crippen LogP contribution < -0.4 is 0 Å².